The maximum absolute atomic E-state index is 11.0. The van der Waals surface area contributed by atoms with Gasteiger partial charge in [-0.15, -0.1) is 0 Å². The molecule has 0 saturated carbocycles. The molecule has 0 radical (unpaired) electrons. The van der Waals surface area contributed by atoms with E-state index in [0.29, 0.717) is 12.6 Å². The lowest BCUT2D eigenvalue weighted by molar-refractivity contribution is 0.0945. The minimum Gasteiger partial charge on any atom is -0.465 e. The average molecular weight is 200 g/mol. The Labute approximate surface area is 85.3 Å². The van der Waals surface area contributed by atoms with E-state index in [9.17, 15) is 4.79 Å². The van der Waals surface area contributed by atoms with Crippen molar-refractivity contribution in [1.82, 2.24) is 10.2 Å². The number of hydrogen-bond acceptors (Lipinski definition) is 2. The number of amides is 1. The van der Waals surface area contributed by atoms with Gasteiger partial charge in [-0.25, -0.2) is 4.79 Å². The zero-order valence-electron chi connectivity index (χ0n) is 9.21. The van der Waals surface area contributed by atoms with Crippen LogP contribution in [0.15, 0.2) is 0 Å². The highest BCUT2D eigenvalue weighted by molar-refractivity contribution is 5.66. The second kappa shape index (κ2) is 4.17. The van der Waals surface area contributed by atoms with Crippen LogP contribution < -0.4 is 5.32 Å². The summed E-state index contributed by atoms with van der Waals surface area (Å²) in [7, 11) is 0. The molecule has 82 valence electrons. The van der Waals surface area contributed by atoms with Crippen molar-refractivity contribution in [1.29, 1.82) is 0 Å². The van der Waals surface area contributed by atoms with Gasteiger partial charge in [0.15, 0.2) is 0 Å². The third-order valence-corrected chi connectivity index (χ3v) is 2.61. The summed E-state index contributed by atoms with van der Waals surface area (Å²) < 4.78 is 0. The number of hydrogen-bond donors (Lipinski definition) is 2. The minimum absolute atomic E-state index is 0.309. The highest BCUT2D eigenvalue weighted by Gasteiger charge is 2.29. The Morgan fingerprint density at radius 2 is 2.21 bits per heavy atom. The number of nitrogens with one attached hydrogen (secondary N) is 1. The first-order valence-electron chi connectivity index (χ1n) is 5.15. The van der Waals surface area contributed by atoms with Crippen LogP contribution >= 0.6 is 0 Å². The van der Waals surface area contributed by atoms with Crippen molar-refractivity contribution in [2.24, 2.45) is 0 Å². The summed E-state index contributed by atoms with van der Waals surface area (Å²) in [5.41, 5.74) is -0.309. The van der Waals surface area contributed by atoms with Crippen molar-refractivity contribution in [2.75, 3.05) is 13.1 Å². The van der Waals surface area contributed by atoms with Crippen LogP contribution in [0.4, 0.5) is 4.79 Å². The quantitative estimate of drug-likeness (QED) is 0.710. The monoisotopic (exact) mass is 200 g/mol. The molecule has 1 fully saturated rings. The lowest BCUT2D eigenvalue weighted by Crippen LogP contribution is -2.50. The van der Waals surface area contributed by atoms with Crippen LogP contribution in [0.25, 0.3) is 0 Å². The summed E-state index contributed by atoms with van der Waals surface area (Å²) in [6, 6.07) is 0.338. The SMILES string of the molecule is CC(C)(C)N(CC1CCCN1)C(=O)O. The van der Waals surface area contributed by atoms with Crippen molar-refractivity contribution in [3.05, 3.63) is 0 Å². The number of nitrogens with zero attached hydrogens (tertiary/aromatic N) is 1. The maximum Gasteiger partial charge on any atom is 0.407 e. The van der Waals surface area contributed by atoms with Crippen molar-refractivity contribution in [3.63, 3.8) is 0 Å². The summed E-state index contributed by atoms with van der Waals surface area (Å²) in [6.07, 6.45) is 1.41. The normalized spacial score (nSPS) is 22.4. The molecule has 1 heterocycles. The molecule has 0 aliphatic carbocycles. The topological polar surface area (TPSA) is 52.6 Å². The van der Waals surface area contributed by atoms with Crippen LogP contribution in [0.1, 0.15) is 33.6 Å². The molecule has 1 saturated heterocycles. The predicted molar refractivity (Wildman–Crippen MR) is 55.5 cm³/mol. The van der Waals surface area contributed by atoms with Crippen LogP contribution in [0.2, 0.25) is 0 Å². The molecule has 4 nitrogen and oxygen atoms in total. The molecule has 1 atom stereocenters. The van der Waals surface area contributed by atoms with Gasteiger partial charge in [0.1, 0.15) is 0 Å². The molecule has 0 spiro atoms. The van der Waals surface area contributed by atoms with E-state index in [4.69, 9.17) is 5.11 Å². The van der Waals surface area contributed by atoms with E-state index in [1.54, 1.807) is 0 Å². The largest absolute Gasteiger partial charge is 0.465 e. The van der Waals surface area contributed by atoms with Crippen molar-refractivity contribution in [3.8, 4) is 0 Å². The molecule has 2 N–H and O–H groups in total. The van der Waals surface area contributed by atoms with Gasteiger partial charge in [-0.2, -0.15) is 0 Å². The molecule has 0 aromatic carbocycles. The van der Waals surface area contributed by atoms with Crippen molar-refractivity contribution >= 4 is 6.09 Å². The summed E-state index contributed by atoms with van der Waals surface area (Å²) >= 11 is 0. The third kappa shape index (κ3) is 2.87. The smallest absolute Gasteiger partial charge is 0.407 e. The van der Waals surface area contributed by atoms with Crippen LogP contribution in [0.5, 0.6) is 0 Å². The van der Waals surface area contributed by atoms with E-state index < -0.39 is 6.09 Å². The highest BCUT2D eigenvalue weighted by Crippen LogP contribution is 2.16. The molecule has 1 aliphatic rings. The van der Waals surface area contributed by atoms with E-state index in [0.717, 1.165) is 19.4 Å². The van der Waals surface area contributed by atoms with Gasteiger partial charge >= 0.3 is 6.09 Å². The van der Waals surface area contributed by atoms with Gasteiger partial charge in [-0.3, -0.25) is 0 Å². The van der Waals surface area contributed by atoms with Gasteiger partial charge in [-0.05, 0) is 40.2 Å². The zero-order chi connectivity index (χ0) is 10.8. The van der Waals surface area contributed by atoms with Crippen LogP contribution in [0, 0.1) is 0 Å². The van der Waals surface area contributed by atoms with Crippen LogP contribution in [-0.4, -0.2) is 40.8 Å². The molecule has 0 bridgehead atoms. The van der Waals surface area contributed by atoms with Gasteiger partial charge in [0.25, 0.3) is 0 Å². The predicted octanol–water partition coefficient (Wildman–Crippen LogP) is 1.52. The van der Waals surface area contributed by atoms with E-state index in [1.165, 1.54) is 4.90 Å². The van der Waals surface area contributed by atoms with E-state index in [1.807, 2.05) is 20.8 Å². The Morgan fingerprint density at radius 3 is 2.57 bits per heavy atom. The molecular weight excluding hydrogens is 180 g/mol. The zero-order valence-corrected chi connectivity index (χ0v) is 9.21. The fourth-order valence-corrected chi connectivity index (χ4v) is 1.77. The Balaban J connectivity index is 2.55. The molecule has 4 heteroatoms. The molecule has 14 heavy (non-hydrogen) atoms. The molecule has 1 amide bonds. The van der Waals surface area contributed by atoms with E-state index in [2.05, 4.69) is 5.32 Å². The lowest BCUT2D eigenvalue weighted by atomic mass is 10.1. The Bertz CT molecular complexity index is 205. The van der Waals surface area contributed by atoms with Gasteiger partial charge in [-0.1, -0.05) is 0 Å². The second-order valence-corrected chi connectivity index (χ2v) is 4.86. The molecule has 1 rings (SSSR count). The number of carboxylic acid groups (broad SMARTS) is 1. The molecular formula is C10H20N2O2. The lowest BCUT2D eigenvalue weighted by Gasteiger charge is -2.35. The average Bonchev–Trinajstić information content (AvgIpc) is 2.48. The minimum atomic E-state index is -0.828. The Kier molecular flexibility index (Phi) is 3.37. The Hall–Kier alpha value is -0.770. The second-order valence-electron chi connectivity index (χ2n) is 4.86. The molecule has 1 unspecified atom stereocenters. The first-order chi connectivity index (χ1) is 6.41. The van der Waals surface area contributed by atoms with Gasteiger partial charge < -0.3 is 15.3 Å². The fraction of sp³-hybridized carbons (Fsp3) is 0.900. The number of carbonyl (C=O) groups is 1. The van der Waals surface area contributed by atoms with Crippen LogP contribution in [-0.2, 0) is 0 Å². The highest BCUT2D eigenvalue weighted by atomic mass is 16.4. The fourth-order valence-electron chi connectivity index (χ4n) is 1.77. The summed E-state index contributed by atoms with van der Waals surface area (Å²) in [6.45, 7) is 7.39. The van der Waals surface area contributed by atoms with E-state index >= 15 is 0 Å². The summed E-state index contributed by atoms with van der Waals surface area (Å²) in [4.78, 5) is 12.5. The van der Waals surface area contributed by atoms with Gasteiger partial charge in [0.05, 0.1) is 0 Å². The molecule has 0 aromatic rings. The van der Waals surface area contributed by atoms with Gasteiger partial charge in [0.2, 0.25) is 0 Å². The van der Waals surface area contributed by atoms with Crippen LogP contribution in [0.3, 0.4) is 0 Å². The summed E-state index contributed by atoms with van der Waals surface area (Å²) in [5, 5.41) is 12.4. The van der Waals surface area contributed by atoms with Crippen molar-refractivity contribution in [2.45, 2.75) is 45.2 Å². The van der Waals surface area contributed by atoms with E-state index in [-0.39, 0.29) is 5.54 Å². The molecule has 0 aromatic heterocycles. The standard InChI is InChI=1S/C10H20N2O2/c1-10(2,3)12(9(13)14)7-8-5-4-6-11-8/h8,11H,4-7H2,1-3H3,(H,13,14). The third-order valence-electron chi connectivity index (χ3n) is 2.61. The van der Waals surface area contributed by atoms with Gasteiger partial charge in [0, 0.05) is 18.1 Å². The summed E-state index contributed by atoms with van der Waals surface area (Å²) in [5.74, 6) is 0. The maximum atomic E-state index is 11.0. The first kappa shape index (κ1) is 11.3. The first-order valence-corrected chi connectivity index (χ1v) is 5.15. The molecule has 1 aliphatic heterocycles. The van der Waals surface area contributed by atoms with Crippen molar-refractivity contribution < 1.29 is 9.90 Å². The Morgan fingerprint density at radius 1 is 1.57 bits per heavy atom. The number of rotatable bonds is 2.